The molecular formula is C30H38O6. The van der Waals surface area contributed by atoms with Crippen molar-refractivity contribution in [2.75, 3.05) is 7.11 Å². The molecule has 6 aliphatic rings. The summed E-state index contributed by atoms with van der Waals surface area (Å²) >= 11 is 0. The number of allylic oxidation sites excluding steroid dienone is 2. The van der Waals surface area contributed by atoms with Gasteiger partial charge in [-0.05, 0) is 87.9 Å². The SMILES string of the molecule is CO[C@@H]1C[C@@H]2[C@@H](C[C@]3(O)C=C4C=CC(=O)OC(C)(C)[C@@H]4CC[C@@H]23)C2=C1[C@H](C)[C@@H]1OC(=O)C(C)=C[C@@H]1C2. The van der Waals surface area contributed by atoms with E-state index in [1.54, 1.807) is 7.11 Å². The molecule has 4 aliphatic carbocycles. The maximum atomic E-state index is 12.3. The molecule has 2 aliphatic heterocycles. The minimum absolute atomic E-state index is 0.0241. The van der Waals surface area contributed by atoms with Crippen LogP contribution < -0.4 is 0 Å². The minimum Gasteiger partial charge on any atom is -0.458 e. The largest absolute Gasteiger partial charge is 0.458 e. The number of esters is 2. The van der Waals surface area contributed by atoms with Gasteiger partial charge in [0, 0.05) is 36.5 Å². The molecule has 1 saturated carbocycles. The normalized spacial score (nSPS) is 44.9. The van der Waals surface area contributed by atoms with Crippen LogP contribution in [0.15, 0.2) is 46.6 Å². The second kappa shape index (κ2) is 8.16. The third-order valence-electron chi connectivity index (χ3n) is 10.2. The van der Waals surface area contributed by atoms with Crippen LogP contribution >= 0.6 is 0 Å². The number of carbonyl (C=O) groups excluding carboxylic acids is 2. The molecule has 6 heteroatoms. The lowest BCUT2D eigenvalue weighted by molar-refractivity contribution is -0.153. The molecule has 0 unspecified atom stereocenters. The van der Waals surface area contributed by atoms with Gasteiger partial charge in [-0.15, -0.1) is 0 Å². The molecule has 6 rings (SSSR count). The van der Waals surface area contributed by atoms with Gasteiger partial charge in [0.1, 0.15) is 11.7 Å². The fraction of sp³-hybridized carbons (Fsp3) is 0.667. The molecule has 0 bridgehead atoms. The van der Waals surface area contributed by atoms with Crippen molar-refractivity contribution in [3.63, 3.8) is 0 Å². The topological polar surface area (TPSA) is 82.1 Å². The maximum absolute atomic E-state index is 12.3. The second-order valence-corrected chi connectivity index (χ2v) is 12.5. The van der Waals surface area contributed by atoms with Gasteiger partial charge in [-0.3, -0.25) is 0 Å². The minimum atomic E-state index is -0.932. The second-order valence-electron chi connectivity index (χ2n) is 12.5. The van der Waals surface area contributed by atoms with Crippen LogP contribution in [0.3, 0.4) is 0 Å². The van der Waals surface area contributed by atoms with Gasteiger partial charge in [0.15, 0.2) is 0 Å². The van der Waals surface area contributed by atoms with Crippen molar-refractivity contribution in [2.24, 2.45) is 35.5 Å². The Balaban J connectivity index is 1.40. The monoisotopic (exact) mass is 494 g/mol. The first kappa shape index (κ1) is 24.2. The first-order chi connectivity index (χ1) is 17.0. The standard InChI is InChI=1S/C30H38O6/c1-15-10-18-11-20-21-14-30(33)13-17-6-9-25(31)36-29(3,4)22(17)7-8-23(30)19(21)12-24(34-5)26(20)16(2)27(18)35-28(15)32/h6,9-10,13,16,18-19,21-24,27,33H,7-8,11-12,14H2,1-5H3/t16-,18+,19+,21+,22+,23-,24+,27-,30+/m0/s1. The van der Waals surface area contributed by atoms with Crippen molar-refractivity contribution in [1.29, 1.82) is 0 Å². The van der Waals surface area contributed by atoms with Gasteiger partial charge in [0.2, 0.25) is 0 Å². The number of aliphatic hydroxyl groups is 1. The van der Waals surface area contributed by atoms with Crippen molar-refractivity contribution in [3.05, 3.63) is 46.6 Å². The Morgan fingerprint density at radius 2 is 1.94 bits per heavy atom. The Bertz CT molecular complexity index is 1120. The van der Waals surface area contributed by atoms with Crippen molar-refractivity contribution in [1.82, 2.24) is 0 Å². The molecule has 1 fully saturated rings. The van der Waals surface area contributed by atoms with Crippen LogP contribution in [0.2, 0.25) is 0 Å². The van der Waals surface area contributed by atoms with Crippen LogP contribution in [0, 0.1) is 35.5 Å². The highest BCUT2D eigenvalue weighted by atomic mass is 16.6. The summed E-state index contributed by atoms with van der Waals surface area (Å²) in [5.74, 6) is 0.526. The number of fused-ring (bicyclic) bond motifs is 6. The number of hydrogen-bond acceptors (Lipinski definition) is 6. The Morgan fingerprint density at radius 1 is 1.17 bits per heavy atom. The summed E-state index contributed by atoms with van der Waals surface area (Å²) < 4.78 is 17.7. The summed E-state index contributed by atoms with van der Waals surface area (Å²) in [6.07, 6.45) is 11.5. The van der Waals surface area contributed by atoms with Gasteiger partial charge < -0.3 is 19.3 Å². The molecule has 0 saturated heterocycles. The highest BCUT2D eigenvalue weighted by Crippen LogP contribution is 2.61. The van der Waals surface area contributed by atoms with Crippen LogP contribution in [0.25, 0.3) is 0 Å². The fourth-order valence-corrected chi connectivity index (χ4v) is 8.73. The third-order valence-corrected chi connectivity index (χ3v) is 10.2. The summed E-state index contributed by atoms with van der Waals surface area (Å²) in [7, 11) is 1.78. The molecule has 0 aromatic carbocycles. The van der Waals surface area contributed by atoms with Gasteiger partial charge >= 0.3 is 11.9 Å². The lowest BCUT2D eigenvalue weighted by Gasteiger charge is -2.48. The smallest absolute Gasteiger partial charge is 0.333 e. The fourth-order valence-electron chi connectivity index (χ4n) is 8.73. The van der Waals surface area contributed by atoms with E-state index >= 15 is 0 Å². The van der Waals surface area contributed by atoms with Crippen LogP contribution in [-0.2, 0) is 23.8 Å². The predicted molar refractivity (Wildman–Crippen MR) is 134 cm³/mol. The Hall–Kier alpha value is -2.18. The zero-order valence-corrected chi connectivity index (χ0v) is 22.0. The van der Waals surface area contributed by atoms with Crippen molar-refractivity contribution in [2.45, 2.75) is 83.2 Å². The number of methoxy groups -OCH3 is 1. The number of rotatable bonds is 1. The zero-order chi connectivity index (χ0) is 25.6. The molecule has 9 atom stereocenters. The van der Waals surface area contributed by atoms with Gasteiger partial charge in [-0.25, -0.2) is 9.59 Å². The number of ether oxygens (including phenoxy) is 3. The van der Waals surface area contributed by atoms with E-state index in [4.69, 9.17) is 14.2 Å². The Labute approximate surface area is 213 Å². The highest BCUT2D eigenvalue weighted by Gasteiger charge is 2.59. The van der Waals surface area contributed by atoms with Crippen LogP contribution in [-0.4, -0.2) is 47.6 Å². The van der Waals surface area contributed by atoms with E-state index in [2.05, 4.69) is 19.1 Å². The van der Waals surface area contributed by atoms with E-state index in [-0.39, 0.29) is 53.7 Å². The number of cyclic esters (lactones) is 1. The highest BCUT2D eigenvalue weighted by molar-refractivity contribution is 5.89. The summed E-state index contributed by atoms with van der Waals surface area (Å²) in [4.78, 5) is 24.5. The first-order valence-corrected chi connectivity index (χ1v) is 13.5. The van der Waals surface area contributed by atoms with E-state index in [1.165, 1.54) is 17.2 Å². The average Bonchev–Trinajstić information content (AvgIpc) is 2.91. The Morgan fingerprint density at radius 3 is 2.69 bits per heavy atom. The summed E-state index contributed by atoms with van der Waals surface area (Å²) in [5, 5.41) is 12.2. The van der Waals surface area contributed by atoms with E-state index in [9.17, 15) is 14.7 Å². The molecule has 0 aromatic heterocycles. The van der Waals surface area contributed by atoms with Crippen LogP contribution in [0.5, 0.6) is 0 Å². The summed E-state index contributed by atoms with van der Waals surface area (Å²) in [6, 6.07) is 0. The third kappa shape index (κ3) is 3.51. The van der Waals surface area contributed by atoms with E-state index < -0.39 is 11.2 Å². The van der Waals surface area contributed by atoms with Crippen LogP contribution in [0.4, 0.5) is 0 Å². The molecule has 1 N–H and O–H groups in total. The number of hydrogen-bond donors (Lipinski definition) is 1. The predicted octanol–water partition coefficient (Wildman–Crippen LogP) is 4.44. The number of carbonyl (C=O) groups is 2. The maximum Gasteiger partial charge on any atom is 0.333 e. The van der Waals surface area contributed by atoms with Crippen molar-refractivity contribution in [3.8, 4) is 0 Å². The summed E-state index contributed by atoms with van der Waals surface area (Å²) in [6.45, 7) is 7.97. The lowest BCUT2D eigenvalue weighted by atomic mass is 9.62. The molecule has 194 valence electrons. The van der Waals surface area contributed by atoms with Gasteiger partial charge in [-0.1, -0.05) is 24.6 Å². The molecule has 2 heterocycles. The average molecular weight is 495 g/mol. The molecular weight excluding hydrogens is 456 g/mol. The first-order valence-electron chi connectivity index (χ1n) is 13.5. The van der Waals surface area contributed by atoms with Crippen molar-refractivity contribution < 1.29 is 28.9 Å². The zero-order valence-electron chi connectivity index (χ0n) is 22.0. The lowest BCUT2D eigenvalue weighted by Crippen LogP contribution is -2.46. The van der Waals surface area contributed by atoms with Gasteiger partial charge in [0.25, 0.3) is 0 Å². The molecule has 0 aromatic rings. The van der Waals surface area contributed by atoms with Crippen molar-refractivity contribution >= 4 is 11.9 Å². The van der Waals surface area contributed by atoms with Gasteiger partial charge in [0.05, 0.1) is 11.7 Å². The molecule has 36 heavy (non-hydrogen) atoms. The van der Waals surface area contributed by atoms with E-state index in [0.717, 1.165) is 31.3 Å². The molecule has 0 radical (unpaired) electrons. The van der Waals surface area contributed by atoms with Crippen LogP contribution in [0.1, 0.15) is 59.8 Å². The van der Waals surface area contributed by atoms with E-state index in [1.807, 2.05) is 26.8 Å². The Kier molecular flexibility index (Phi) is 5.48. The summed E-state index contributed by atoms with van der Waals surface area (Å²) in [5.41, 5.74) is 2.87. The van der Waals surface area contributed by atoms with E-state index in [0.29, 0.717) is 17.9 Å². The molecule has 0 amide bonds. The molecule has 6 nitrogen and oxygen atoms in total. The molecule has 0 spiro atoms. The van der Waals surface area contributed by atoms with Gasteiger partial charge in [-0.2, -0.15) is 0 Å². The quantitative estimate of drug-likeness (QED) is 0.429.